The monoisotopic (exact) mass is 269 g/mol. The van der Waals surface area contributed by atoms with Gasteiger partial charge in [0, 0.05) is 19.7 Å². The van der Waals surface area contributed by atoms with Crippen molar-refractivity contribution in [3.8, 4) is 0 Å². The molecule has 1 rings (SSSR count). The van der Waals surface area contributed by atoms with E-state index in [2.05, 4.69) is 29.1 Å². The van der Waals surface area contributed by atoms with Gasteiger partial charge in [-0.15, -0.1) is 11.8 Å². The van der Waals surface area contributed by atoms with Crippen LogP contribution in [0.4, 0.5) is 5.82 Å². The third-order valence-electron chi connectivity index (χ3n) is 2.39. The minimum absolute atomic E-state index is 0.476. The fourth-order valence-electron chi connectivity index (χ4n) is 1.33. The summed E-state index contributed by atoms with van der Waals surface area (Å²) in [4.78, 5) is 8.87. The second-order valence-electron chi connectivity index (χ2n) is 4.43. The average molecular weight is 269 g/mol. The third kappa shape index (κ3) is 5.69. The third-order valence-corrected chi connectivity index (χ3v) is 3.33. The Hall–Kier alpha value is -0.810. The van der Waals surface area contributed by atoms with Crippen molar-refractivity contribution in [2.75, 3.05) is 24.7 Å². The van der Waals surface area contributed by atoms with E-state index < -0.39 is 0 Å². The molecule has 0 unspecified atom stereocenters. The second-order valence-corrected chi connectivity index (χ2v) is 5.54. The van der Waals surface area contributed by atoms with Crippen molar-refractivity contribution in [3.63, 3.8) is 0 Å². The van der Waals surface area contributed by atoms with E-state index in [-0.39, 0.29) is 0 Å². The molecule has 0 saturated heterocycles. The Bertz CT molecular complexity index is 358. The summed E-state index contributed by atoms with van der Waals surface area (Å²) in [6, 6.07) is 1.99. The summed E-state index contributed by atoms with van der Waals surface area (Å²) < 4.78 is 5.35. The maximum absolute atomic E-state index is 5.35. The standard InChI is InChI=1S/C13H23N3OS/c1-5-17-9-12-15-11(14-4)8-13(16-12)18-7-6-10(2)3/h8,10H,5-7,9H2,1-4H3,(H,14,15,16). The number of hydrogen-bond donors (Lipinski definition) is 1. The fourth-order valence-corrected chi connectivity index (χ4v) is 2.50. The van der Waals surface area contributed by atoms with Gasteiger partial charge in [-0.2, -0.15) is 0 Å². The van der Waals surface area contributed by atoms with E-state index in [0.29, 0.717) is 13.2 Å². The van der Waals surface area contributed by atoms with Crippen LogP contribution in [0.3, 0.4) is 0 Å². The molecule has 0 radical (unpaired) electrons. The van der Waals surface area contributed by atoms with Gasteiger partial charge in [-0.1, -0.05) is 13.8 Å². The number of nitrogens with zero attached hydrogens (tertiary/aromatic N) is 2. The summed E-state index contributed by atoms with van der Waals surface area (Å²) >= 11 is 1.78. The Labute approximate surface area is 114 Å². The van der Waals surface area contributed by atoms with E-state index in [9.17, 15) is 0 Å². The first-order valence-corrected chi connectivity index (χ1v) is 7.40. The van der Waals surface area contributed by atoms with Gasteiger partial charge in [0.2, 0.25) is 0 Å². The predicted octanol–water partition coefficient (Wildman–Crippen LogP) is 3.19. The number of thioether (sulfide) groups is 1. The average Bonchev–Trinajstić information content (AvgIpc) is 2.35. The van der Waals surface area contributed by atoms with Crippen LogP contribution in [0.5, 0.6) is 0 Å². The van der Waals surface area contributed by atoms with Gasteiger partial charge in [-0.25, -0.2) is 9.97 Å². The maximum atomic E-state index is 5.35. The van der Waals surface area contributed by atoms with Crippen LogP contribution >= 0.6 is 11.8 Å². The molecule has 0 amide bonds. The molecule has 18 heavy (non-hydrogen) atoms. The van der Waals surface area contributed by atoms with Gasteiger partial charge in [0.05, 0.1) is 0 Å². The van der Waals surface area contributed by atoms with Crippen LogP contribution in [0.1, 0.15) is 33.0 Å². The molecule has 0 fully saturated rings. The zero-order chi connectivity index (χ0) is 13.4. The number of hydrogen-bond acceptors (Lipinski definition) is 5. The van der Waals surface area contributed by atoms with E-state index in [0.717, 1.165) is 28.3 Å². The predicted molar refractivity (Wildman–Crippen MR) is 77.1 cm³/mol. The molecule has 0 aromatic carbocycles. The quantitative estimate of drug-likeness (QED) is 0.580. The SMILES string of the molecule is CCOCc1nc(NC)cc(SCCC(C)C)n1. The highest BCUT2D eigenvalue weighted by Gasteiger charge is 2.05. The normalized spacial score (nSPS) is 10.9. The lowest BCUT2D eigenvalue weighted by molar-refractivity contribution is 0.128. The van der Waals surface area contributed by atoms with Crippen molar-refractivity contribution < 1.29 is 4.74 Å². The topological polar surface area (TPSA) is 47.0 Å². The Morgan fingerprint density at radius 3 is 2.78 bits per heavy atom. The first-order valence-electron chi connectivity index (χ1n) is 6.42. The van der Waals surface area contributed by atoms with Gasteiger partial charge in [0.15, 0.2) is 5.82 Å². The molecule has 0 aliphatic rings. The van der Waals surface area contributed by atoms with Gasteiger partial charge in [-0.3, -0.25) is 0 Å². The van der Waals surface area contributed by atoms with Crippen LogP contribution in [0, 0.1) is 5.92 Å². The van der Waals surface area contributed by atoms with Gasteiger partial charge in [-0.05, 0) is 25.0 Å². The van der Waals surface area contributed by atoms with Crippen LogP contribution in [-0.2, 0) is 11.3 Å². The minimum Gasteiger partial charge on any atom is -0.374 e. The van der Waals surface area contributed by atoms with Crippen molar-refractivity contribution in [1.29, 1.82) is 0 Å². The Kier molecular flexibility index (Phi) is 7.05. The van der Waals surface area contributed by atoms with Gasteiger partial charge >= 0.3 is 0 Å². The molecular weight excluding hydrogens is 246 g/mol. The van der Waals surface area contributed by atoms with Crippen LogP contribution in [-0.4, -0.2) is 29.4 Å². The summed E-state index contributed by atoms with van der Waals surface area (Å²) in [6.45, 7) is 7.60. The molecule has 0 aliphatic heterocycles. The first-order chi connectivity index (χ1) is 8.65. The van der Waals surface area contributed by atoms with Crippen molar-refractivity contribution in [1.82, 2.24) is 9.97 Å². The molecule has 1 heterocycles. The summed E-state index contributed by atoms with van der Waals surface area (Å²) in [6.07, 6.45) is 1.20. The summed E-state index contributed by atoms with van der Waals surface area (Å²) in [5.41, 5.74) is 0. The van der Waals surface area contributed by atoms with Crippen LogP contribution in [0.2, 0.25) is 0 Å². The number of aromatic nitrogens is 2. The van der Waals surface area contributed by atoms with Crippen molar-refractivity contribution >= 4 is 17.6 Å². The molecule has 102 valence electrons. The molecule has 1 N–H and O–H groups in total. The smallest absolute Gasteiger partial charge is 0.157 e. The first kappa shape index (κ1) is 15.2. The van der Waals surface area contributed by atoms with Crippen LogP contribution in [0.15, 0.2) is 11.1 Å². The molecular formula is C13H23N3OS. The highest BCUT2D eigenvalue weighted by atomic mass is 32.2. The Morgan fingerprint density at radius 2 is 2.17 bits per heavy atom. The number of ether oxygens (including phenoxy) is 1. The second kappa shape index (κ2) is 8.32. The fraction of sp³-hybridized carbons (Fsp3) is 0.692. The summed E-state index contributed by atoms with van der Waals surface area (Å²) in [5.74, 6) is 3.42. The maximum Gasteiger partial charge on any atom is 0.157 e. The van der Waals surface area contributed by atoms with Gasteiger partial charge in [0.25, 0.3) is 0 Å². The highest BCUT2D eigenvalue weighted by molar-refractivity contribution is 7.99. The largest absolute Gasteiger partial charge is 0.374 e. The minimum atomic E-state index is 0.476. The number of nitrogens with one attached hydrogen (secondary N) is 1. The Balaban J connectivity index is 2.64. The van der Waals surface area contributed by atoms with E-state index >= 15 is 0 Å². The lowest BCUT2D eigenvalue weighted by Crippen LogP contribution is -2.04. The number of anilines is 1. The van der Waals surface area contributed by atoms with E-state index in [1.807, 2.05) is 20.0 Å². The van der Waals surface area contributed by atoms with E-state index in [4.69, 9.17) is 4.74 Å². The van der Waals surface area contributed by atoms with Crippen LogP contribution in [0.25, 0.3) is 0 Å². The molecule has 4 nitrogen and oxygen atoms in total. The molecule has 0 spiro atoms. The van der Waals surface area contributed by atoms with E-state index in [1.54, 1.807) is 11.8 Å². The van der Waals surface area contributed by atoms with Crippen molar-refractivity contribution in [3.05, 3.63) is 11.9 Å². The van der Waals surface area contributed by atoms with Crippen LogP contribution < -0.4 is 5.32 Å². The van der Waals surface area contributed by atoms with Gasteiger partial charge < -0.3 is 10.1 Å². The molecule has 1 aromatic rings. The van der Waals surface area contributed by atoms with Gasteiger partial charge in [0.1, 0.15) is 17.5 Å². The highest BCUT2D eigenvalue weighted by Crippen LogP contribution is 2.21. The summed E-state index contributed by atoms with van der Waals surface area (Å²) in [5, 5.41) is 4.08. The zero-order valence-electron chi connectivity index (χ0n) is 11.7. The Morgan fingerprint density at radius 1 is 1.39 bits per heavy atom. The van der Waals surface area contributed by atoms with Crippen molar-refractivity contribution in [2.24, 2.45) is 5.92 Å². The van der Waals surface area contributed by atoms with Crippen molar-refractivity contribution in [2.45, 2.75) is 38.8 Å². The number of rotatable bonds is 8. The summed E-state index contributed by atoms with van der Waals surface area (Å²) in [7, 11) is 1.87. The molecule has 1 aromatic heterocycles. The lowest BCUT2D eigenvalue weighted by atomic mass is 10.2. The molecule has 0 aliphatic carbocycles. The molecule has 0 bridgehead atoms. The lowest BCUT2D eigenvalue weighted by Gasteiger charge is -2.08. The molecule has 5 heteroatoms. The molecule has 0 saturated carbocycles. The molecule has 0 atom stereocenters. The zero-order valence-corrected chi connectivity index (χ0v) is 12.5. The van der Waals surface area contributed by atoms with E-state index in [1.165, 1.54) is 6.42 Å².